The van der Waals surface area contributed by atoms with Crippen molar-refractivity contribution in [3.8, 4) is 0 Å². The van der Waals surface area contributed by atoms with Crippen molar-refractivity contribution in [2.24, 2.45) is 5.92 Å². The van der Waals surface area contributed by atoms with E-state index in [0.717, 1.165) is 38.5 Å². The minimum absolute atomic E-state index is 0. The van der Waals surface area contributed by atoms with Gasteiger partial charge in [-0.25, -0.2) is 0 Å². The van der Waals surface area contributed by atoms with Gasteiger partial charge in [0.2, 0.25) is 5.91 Å². The molecule has 1 aliphatic rings. The zero-order chi connectivity index (χ0) is 16.5. The van der Waals surface area contributed by atoms with Crippen LogP contribution in [0.2, 0.25) is 0 Å². The Morgan fingerprint density at radius 1 is 1.24 bits per heavy atom. The Balaban J connectivity index is 0.00000288. The molecule has 0 aromatic heterocycles. The summed E-state index contributed by atoms with van der Waals surface area (Å²) in [5.41, 5.74) is 2.55. The largest absolute Gasteiger partial charge is 0.370 e. The van der Waals surface area contributed by atoms with Crippen LogP contribution in [0.3, 0.4) is 0 Å². The first-order valence-electron chi connectivity index (χ1n) is 8.98. The number of para-hydroxylation sites is 1. The highest BCUT2D eigenvalue weighted by molar-refractivity contribution is 5.85. The van der Waals surface area contributed by atoms with Crippen molar-refractivity contribution in [2.45, 2.75) is 39.5 Å². The van der Waals surface area contributed by atoms with Crippen LogP contribution in [0, 0.1) is 12.8 Å². The van der Waals surface area contributed by atoms with E-state index in [9.17, 15) is 4.79 Å². The van der Waals surface area contributed by atoms with Crippen LogP contribution in [0.15, 0.2) is 24.3 Å². The second-order valence-corrected chi connectivity index (χ2v) is 6.45. The van der Waals surface area contributed by atoms with Crippen LogP contribution in [0.5, 0.6) is 0 Å². The number of hydrogen-bond acceptors (Lipinski definition) is 3. The van der Waals surface area contributed by atoms with E-state index in [-0.39, 0.29) is 30.7 Å². The first-order chi connectivity index (χ1) is 11.2. The van der Waals surface area contributed by atoms with Gasteiger partial charge in [0.05, 0.1) is 0 Å². The number of hydrogen-bond donors (Lipinski definition) is 2. The van der Waals surface area contributed by atoms with Crippen molar-refractivity contribution < 1.29 is 4.79 Å². The summed E-state index contributed by atoms with van der Waals surface area (Å²) in [6.07, 6.45) is 4.12. The lowest BCUT2D eigenvalue weighted by Gasteiger charge is -2.25. The fourth-order valence-corrected chi connectivity index (χ4v) is 3.29. The van der Waals surface area contributed by atoms with Crippen LogP contribution in [0.4, 0.5) is 5.69 Å². The lowest BCUT2D eigenvalue weighted by molar-refractivity contribution is -0.121. The third kappa shape index (κ3) is 8.30. The van der Waals surface area contributed by atoms with Crippen LogP contribution in [-0.4, -0.2) is 38.6 Å². The molecule has 25 heavy (non-hydrogen) atoms. The van der Waals surface area contributed by atoms with E-state index in [1.807, 2.05) is 0 Å². The lowest BCUT2D eigenvalue weighted by Crippen LogP contribution is -2.35. The lowest BCUT2D eigenvalue weighted by atomic mass is 9.93. The third-order valence-corrected chi connectivity index (χ3v) is 4.78. The molecule has 1 aliphatic heterocycles. The summed E-state index contributed by atoms with van der Waals surface area (Å²) in [7, 11) is 0. The molecule has 0 aliphatic carbocycles. The Hall–Kier alpha value is -0.970. The van der Waals surface area contributed by atoms with Gasteiger partial charge in [-0.2, -0.15) is 0 Å². The number of anilines is 1. The molecule has 1 saturated heterocycles. The van der Waals surface area contributed by atoms with Gasteiger partial charge in [0.1, 0.15) is 0 Å². The molecular weight excluding hydrogens is 357 g/mol. The number of likely N-dealkylation sites (N-methyl/N-ethyl adjacent to an activating group) is 1. The van der Waals surface area contributed by atoms with Gasteiger partial charge in [-0.1, -0.05) is 18.2 Å². The summed E-state index contributed by atoms with van der Waals surface area (Å²) < 4.78 is 0. The molecule has 1 amide bonds. The number of aryl methyl sites for hydroxylation is 1. The van der Waals surface area contributed by atoms with Gasteiger partial charge < -0.3 is 15.5 Å². The molecule has 0 unspecified atom stereocenters. The highest BCUT2D eigenvalue weighted by Crippen LogP contribution is 2.19. The Morgan fingerprint density at radius 2 is 1.92 bits per heavy atom. The number of rotatable bonds is 8. The fourth-order valence-electron chi connectivity index (χ4n) is 3.29. The molecule has 0 radical (unpaired) electrons. The first kappa shape index (κ1) is 24.0. The van der Waals surface area contributed by atoms with E-state index in [0.29, 0.717) is 13.0 Å². The Labute approximate surface area is 164 Å². The maximum atomic E-state index is 12.0. The molecule has 0 bridgehead atoms. The van der Waals surface area contributed by atoms with Crippen molar-refractivity contribution in [3.05, 3.63) is 29.8 Å². The number of nitrogens with zero attached hydrogens (tertiary/aromatic N) is 1. The fraction of sp³-hybridized carbons (Fsp3) is 0.632. The second kappa shape index (κ2) is 13.3. The Morgan fingerprint density at radius 3 is 2.56 bits per heavy atom. The molecule has 1 heterocycles. The average molecular weight is 390 g/mol. The molecule has 6 heteroatoms. The summed E-state index contributed by atoms with van der Waals surface area (Å²) in [6, 6.07) is 8.42. The van der Waals surface area contributed by atoms with E-state index in [2.05, 4.69) is 53.6 Å². The number of halogens is 2. The highest BCUT2D eigenvalue weighted by atomic mass is 35.5. The molecule has 0 spiro atoms. The molecule has 2 N–H and O–H groups in total. The zero-order valence-electron chi connectivity index (χ0n) is 15.4. The predicted molar refractivity (Wildman–Crippen MR) is 111 cm³/mol. The van der Waals surface area contributed by atoms with Gasteiger partial charge in [-0.3, -0.25) is 4.79 Å². The predicted octanol–water partition coefficient (Wildman–Crippen LogP) is 3.56. The van der Waals surface area contributed by atoms with Crippen molar-refractivity contribution in [2.75, 3.05) is 37.6 Å². The maximum Gasteiger partial charge on any atom is 0.220 e. The van der Waals surface area contributed by atoms with Gasteiger partial charge in [0.25, 0.3) is 0 Å². The minimum Gasteiger partial charge on any atom is -0.370 e. The van der Waals surface area contributed by atoms with Crippen LogP contribution in [0.25, 0.3) is 0 Å². The highest BCUT2D eigenvalue weighted by Gasteiger charge is 2.14. The van der Waals surface area contributed by atoms with Crippen molar-refractivity contribution in [1.29, 1.82) is 0 Å². The number of amides is 1. The molecule has 2 rings (SSSR count). The second-order valence-electron chi connectivity index (χ2n) is 6.45. The van der Waals surface area contributed by atoms with Gasteiger partial charge in [-0.05, 0) is 63.7 Å². The molecule has 1 fully saturated rings. The SMILES string of the molecule is CCN(CCNC(=O)CCC1CCNCC1)c1ccccc1C.Cl.Cl. The normalized spacial score (nSPS) is 14.2. The standard InChI is InChI=1S/C19H31N3O.2ClH/c1-3-22(18-7-5-4-6-16(18)2)15-14-21-19(23)9-8-17-10-12-20-13-11-17;;/h4-7,17,20H,3,8-15H2,1-2H3,(H,21,23);2*1H. The quantitative estimate of drug-likeness (QED) is 0.714. The average Bonchev–Trinajstić information content (AvgIpc) is 2.59. The summed E-state index contributed by atoms with van der Waals surface area (Å²) in [4.78, 5) is 14.3. The minimum atomic E-state index is 0. The van der Waals surface area contributed by atoms with E-state index >= 15 is 0 Å². The van der Waals surface area contributed by atoms with E-state index in [4.69, 9.17) is 0 Å². The number of benzene rings is 1. The monoisotopic (exact) mass is 389 g/mol. The van der Waals surface area contributed by atoms with Gasteiger partial charge >= 0.3 is 0 Å². The number of carbonyl (C=O) groups excluding carboxylic acids is 1. The van der Waals surface area contributed by atoms with E-state index in [1.54, 1.807) is 0 Å². The van der Waals surface area contributed by atoms with Gasteiger partial charge in [0.15, 0.2) is 0 Å². The summed E-state index contributed by atoms with van der Waals surface area (Å²) in [5.74, 6) is 0.922. The van der Waals surface area contributed by atoms with E-state index in [1.165, 1.54) is 24.1 Å². The maximum absolute atomic E-state index is 12.0. The molecule has 4 nitrogen and oxygen atoms in total. The van der Waals surface area contributed by atoms with Crippen molar-refractivity contribution >= 4 is 36.4 Å². The summed E-state index contributed by atoms with van der Waals surface area (Å²) >= 11 is 0. The topological polar surface area (TPSA) is 44.4 Å². The van der Waals surface area contributed by atoms with Crippen molar-refractivity contribution in [1.82, 2.24) is 10.6 Å². The summed E-state index contributed by atoms with van der Waals surface area (Å²) in [6.45, 7) is 9.03. The zero-order valence-corrected chi connectivity index (χ0v) is 17.1. The molecule has 144 valence electrons. The Kier molecular flexibility index (Phi) is 12.7. The number of piperidine rings is 1. The molecule has 1 aromatic carbocycles. The Bertz CT molecular complexity index is 493. The number of nitrogens with one attached hydrogen (secondary N) is 2. The van der Waals surface area contributed by atoms with Crippen LogP contribution in [0.1, 0.15) is 38.2 Å². The molecule has 0 saturated carbocycles. The van der Waals surface area contributed by atoms with Gasteiger partial charge in [0, 0.05) is 31.7 Å². The van der Waals surface area contributed by atoms with Crippen LogP contribution in [-0.2, 0) is 4.79 Å². The van der Waals surface area contributed by atoms with Crippen LogP contribution >= 0.6 is 24.8 Å². The van der Waals surface area contributed by atoms with Crippen molar-refractivity contribution in [3.63, 3.8) is 0 Å². The van der Waals surface area contributed by atoms with Gasteiger partial charge in [-0.15, -0.1) is 24.8 Å². The molecular formula is C19H33Cl2N3O. The van der Waals surface area contributed by atoms with E-state index < -0.39 is 0 Å². The first-order valence-corrected chi connectivity index (χ1v) is 8.98. The van der Waals surface area contributed by atoms with Crippen LogP contribution < -0.4 is 15.5 Å². The molecule has 1 aromatic rings. The summed E-state index contributed by atoms with van der Waals surface area (Å²) in [5, 5.41) is 6.45. The smallest absolute Gasteiger partial charge is 0.220 e. The molecule has 0 atom stereocenters. The number of carbonyl (C=O) groups is 1. The third-order valence-electron chi connectivity index (χ3n) is 4.78.